The van der Waals surface area contributed by atoms with E-state index in [9.17, 15) is 30.3 Å². The van der Waals surface area contributed by atoms with Gasteiger partial charge in [-0.2, -0.15) is 10.5 Å². The van der Waals surface area contributed by atoms with Gasteiger partial charge >= 0.3 is 0 Å². The van der Waals surface area contributed by atoms with E-state index >= 15 is 0 Å². The Morgan fingerprint density at radius 2 is 1.09 bits per heavy atom. The van der Waals surface area contributed by atoms with Gasteiger partial charge in [0.1, 0.15) is 46.2 Å². The van der Waals surface area contributed by atoms with Crippen LogP contribution < -0.4 is 0 Å². The minimum absolute atomic E-state index is 0.0992. The van der Waals surface area contributed by atoms with Crippen LogP contribution in [0.25, 0.3) is 12.2 Å². The smallest absolute Gasteiger partial charge is 0.221 e. The van der Waals surface area contributed by atoms with Crippen LogP contribution in [0, 0.1) is 22.7 Å². The molecule has 0 radical (unpaired) electrons. The van der Waals surface area contributed by atoms with E-state index in [0.29, 0.717) is 0 Å². The summed E-state index contributed by atoms with van der Waals surface area (Å²) >= 11 is 0. The first kappa shape index (κ1) is 21.7. The van der Waals surface area contributed by atoms with E-state index < -0.39 is 11.6 Å². The molecular weight excluding hydrogens is 406 g/mol. The van der Waals surface area contributed by atoms with Crippen molar-refractivity contribution in [3.05, 3.63) is 100 Å². The molecule has 0 bridgehead atoms. The predicted octanol–water partition coefficient (Wildman–Crippen LogP) is 4.07. The zero-order valence-corrected chi connectivity index (χ0v) is 16.6. The Bertz CT molecular complexity index is 1260. The fourth-order valence-electron chi connectivity index (χ4n) is 2.79. The van der Waals surface area contributed by atoms with Crippen molar-refractivity contribution in [1.29, 1.82) is 10.5 Å². The second kappa shape index (κ2) is 9.66. The van der Waals surface area contributed by atoms with Gasteiger partial charge in [0.05, 0.1) is 0 Å². The van der Waals surface area contributed by atoms with E-state index in [1.165, 1.54) is 54.6 Å². The molecule has 0 aliphatic heterocycles. The molecule has 0 amide bonds. The van der Waals surface area contributed by atoms with E-state index in [4.69, 9.17) is 0 Å². The maximum atomic E-state index is 12.8. The highest BCUT2D eigenvalue weighted by atomic mass is 16.3. The molecule has 0 atom stereocenters. The van der Waals surface area contributed by atoms with Crippen LogP contribution >= 0.6 is 0 Å². The Labute approximate surface area is 183 Å². The average Bonchev–Trinajstić information content (AvgIpc) is 2.82. The van der Waals surface area contributed by atoms with Gasteiger partial charge in [-0.1, -0.05) is 42.5 Å². The van der Waals surface area contributed by atoms with Crippen LogP contribution in [-0.4, -0.2) is 26.8 Å². The van der Waals surface area contributed by atoms with Gasteiger partial charge in [0, 0.05) is 11.1 Å². The van der Waals surface area contributed by atoms with Crippen molar-refractivity contribution in [1.82, 2.24) is 4.98 Å². The quantitative estimate of drug-likeness (QED) is 0.348. The number of para-hydroxylation sites is 2. The number of benzene rings is 2. The second-order valence-electron chi connectivity index (χ2n) is 6.52. The van der Waals surface area contributed by atoms with Gasteiger partial charge in [-0.25, -0.2) is 4.98 Å². The molecule has 0 unspecified atom stereocenters. The van der Waals surface area contributed by atoms with Crippen LogP contribution in [0.3, 0.4) is 0 Å². The number of carbonyl (C=O) groups is 2. The second-order valence-corrected chi connectivity index (χ2v) is 6.52. The molecule has 3 aromatic rings. The highest BCUT2D eigenvalue weighted by molar-refractivity contribution is 6.15. The molecule has 0 spiro atoms. The summed E-state index contributed by atoms with van der Waals surface area (Å²) in [5.41, 5.74) is -0.343. The number of nitriles is 2. The number of hydrogen-bond acceptors (Lipinski definition) is 7. The highest BCUT2D eigenvalue weighted by Gasteiger charge is 2.19. The van der Waals surface area contributed by atoms with Gasteiger partial charge < -0.3 is 10.2 Å². The summed E-state index contributed by atoms with van der Waals surface area (Å²) in [7, 11) is 0. The maximum Gasteiger partial charge on any atom is 0.221 e. The standard InChI is InChI=1S/C25H15N3O4/c26-14-18(12-16-6-1-3-10-22(16)29)24(31)20-8-5-9-21(28-20)25(32)19(15-27)13-17-7-2-4-11-23(17)30/h1-13,29-30H/b18-12+,19-13+. The van der Waals surface area contributed by atoms with Crippen molar-refractivity contribution in [3.8, 4) is 23.6 Å². The molecular formula is C25H15N3O4. The molecule has 7 heteroatoms. The normalized spacial score (nSPS) is 11.3. The predicted molar refractivity (Wildman–Crippen MR) is 116 cm³/mol. The molecule has 0 aliphatic rings. The molecule has 7 nitrogen and oxygen atoms in total. The van der Waals surface area contributed by atoms with E-state index in [0.717, 1.165) is 0 Å². The van der Waals surface area contributed by atoms with Crippen molar-refractivity contribution >= 4 is 23.7 Å². The summed E-state index contributed by atoms with van der Waals surface area (Å²) < 4.78 is 0. The van der Waals surface area contributed by atoms with Gasteiger partial charge in [0.2, 0.25) is 11.6 Å². The Morgan fingerprint density at radius 1 is 0.688 bits per heavy atom. The average molecular weight is 421 g/mol. The Kier molecular flexibility index (Phi) is 6.55. The van der Waals surface area contributed by atoms with Crippen LogP contribution in [0.1, 0.15) is 32.1 Å². The number of phenols is 2. The summed E-state index contributed by atoms with van der Waals surface area (Å²) in [6, 6.07) is 20.1. The first-order chi connectivity index (χ1) is 15.4. The summed E-state index contributed by atoms with van der Waals surface area (Å²) in [6.45, 7) is 0. The number of rotatable bonds is 6. The number of aromatic nitrogens is 1. The number of Topliss-reactive ketones (excluding diaryl/α,β-unsaturated/α-hetero) is 2. The van der Waals surface area contributed by atoms with Crippen LogP contribution in [0.5, 0.6) is 11.5 Å². The fraction of sp³-hybridized carbons (Fsp3) is 0. The molecule has 2 aromatic carbocycles. The fourth-order valence-corrected chi connectivity index (χ4v) is 2.79. The van der Waals surface area contributed by atoms with Crippen molar-refractivity contribution in [3.63, 3.8) is 0 Å². The van der Waals surface area contributed by atoms with E-state index in [1.807, 2.05) is 0 Å². The van der Waals surface area contributed by atoms with E-state index in [1.54, 1.807) is 36.4 Å². The molecule has 0 fully saturated rings. The number of hydrogen-bond donors (Lipinski definition) is 2. The first-order valence-corrected chi connectivity index (χ1v) is 9.30. The van der Waals surface area contributed by atoms with Gasteiger partial charge in [-0.05, 0) is 36.4 Å². The van der Waals surface area contributed by atoms with Crippen molar-refractivity contribution in [2.24, 2.45) is 0 Å². The lowest BCUT2D eigenvalue weighted by molar-refractivity contribution is 0.103. The highest BCUT2D eigenvalue weighted by Crippen LogP contribution is 2.22. The number of ketones is 2. The molecule has 0 saturated carbocycles. The Hall–Kier alpha value is -5.01. The summed E-state index contributed by atoms with van der Waals surface area (Å²) in [4.78, 5) is 29.6. The number of allylic oxidation sites excluding steroid dienone is 2. The number of nitrogens with zero attached hydrogens (tertiary/aromatic N) is 3. The SMILES string of the molecule is N#C/C(=C\c1ccccc1O)C(=O)c1cccc(C(=O)/C(C#N)=C/c2ccccc2O)n1. The van der Waals surface area contributed by atoms with Crippen molar-refractivity contribution in [2.75, 3.05) is 0 Å². The van der Waals surface area contributed by atoms with Crippen molar-refractivity contribution < 1.29 is 19.8 Å². The summed E-state index contributed by atoms with van der Waals surface area (Å²) in [6.07, 6.45) is 2.46. The minimum Gasteiger partial charge on any atom is -0.507 e. The first-order valence-electron chi connectivity index (χ1n) is 9.30. The zero-order chi connectivity index (χ0) is 23.1. The van der Waals surface area contributed by atoms with Crippen LogP contribution in [0.4, 0.5) is 0 Å². The molecule has 154 valence electrons. The third-order valence-electron chi connectivity index (χ3n) is 4.42. The number of carbonyl (C=O) groups excluding carboxylic acids is 2. The molecule has 1 heterocycles. The topological polar surface area (TPSA) is 135 Å². The summed E-state index contributed by atoms with van der Waals surface area (Å²) in [5, 5.41) is 38.6. The van der Waals surface area contributed by atoms with E-state index in [-0.39, 0.29) is 45.2 Å². The van der Waals surface area contributed by atoms with Crippen LogP contribution in [0.15, 0.2) is 77.9 Å². The van der Waals surface area contributed by atoms with E-state index in [2.05, 4.69) is 4.98 Å². The molecule has 1 aromatic heterocycles. The number of phenolic OH excluding ortho intramolecular Hbond substituents is 2. The van der Waals surface area contributed by atoms with Crippen LogP contribution in [0.2, 0.25) is 0 Å². The molecule has 3 rings (SSSR count). The largest absolute Gasteiger partial charge is 0.507 e. The Morgan fingerprint density at radius 3 is 1.47 bits per heavy atom. The summed E-state index contributed by atoms with van der Waals surface area (Å²) in [5.74, 6) is -1.68. The van der Waals surface area contributed by atoms with Crippen molar-refractivity contribution in [2.45, 2.75) is 0 Å². The number of aromatic hydroxyl groups is 2. The van der Waals surface area contributed by atoms with Gasteiger partial charge in [0.15, 0.2) is 0 Å². The molecule has 0 aliphatic carbocycles. The third kappa shape index (κ3) is 4.76. The molecule has 32 heavy (non-hydrogen) atoms. The van der Waals surface area contributed by atoms with Gasteiger partial charge in [-0.15, -0.1) is 0 Å². The lowest BCUT2D eigenvalue weighted by Crippen LogP contribution is -2.10. The van der Waals surface area contributed by atoms with Crippen LogP contribution in [-0.2, 0) is 0 Å². The molecule has 0 saturated heterocycles. The minimum atomic E-state index is -0.742. The molecule has 2 N–H and O–H groups in total. The maximum absolute atomic E-state index is 12.8. The monoisotopic (exact) mass is 421 g/mol. The number of pyridine rings is 1. The van der Waals surface area contributed by atoms with Gasteiger partial charge in [-0.3, -0.25) is 9.59 Å². The lowest BCUT2D eigenvalue weighted by atomic mass is 10.0. The third-order valence-corrected chi connectivity index (χ3v) is 4.42. The lowest BCUT2D eigenvalue weighted by Gasteiger charge is -2.04. The van der Waals surface area contributed by atoms with Gasteiger partial charge in [0.25, 0.3) is 0 Å². The zero-order valence-electron chi connectivity index (χ0n) is 16.6. The Balaban J connectivity index is 1.95.